The number of ether oxygens (including phenoxy) is 2. The van der Waals surface area contributed by atoms with Gasteiger partial charge in [0.05, 0.1) is 19.5 Å². The number of carbonyl (C=O) groups is 1. The Labute approximate surface area is 126 Å². The minimum absolute atomic E-state index is 0.0224. The third-order valence-electron chi connectivity index (χ3n) is 2.73. The highest BCUT2D eigenvalue weighted by atomic mass is 79.9. The van der Waals surface area contributed by atoms with Gasteiger partial charge in [-0.3, -0.25) is 4.79 Å². The summed E-state index contributed by atoms with van der Waals surface area (Å²) in [5, 5.41) is 2.84. The summed E-state index contributed by atoms with van der Waals surface area (Å²) in [5.41, 5.74) is 0.944. The molecule has 0 radical (unpaired) electrons. The first-order valence-corrected chi connectivity index (χ1v) is 7.82. The molecule has 0 fully saturated rings. The van der Waals surface area contributed by atoms with Gasteiger partial charge in [0, 0.05) is 11.0 Å². The second kappa shape index (κ2) is 7.65. The second-order valence-corrected chi connectivity index (χ2v) is 5.93. The average molecular weight is 348 g/mol. The predicted octanol–water partition coefficient (Wildman–Crippen LogP) is 2.83. The van der Waals surface area contributed by atoms with E-state index in [0.717, 1.165) is 10.0 Å². The fourth-order valence-electron chi connectivity index (χ4n) is 1.46. The quantitative estimate of drug-likeness (QED) is 0.859. The molecule has 1 aromatic rings. The molecular weight excluding hydrogens is 330 g/mol. The van der Waals surface area contributed by atoms with Crippen molar-refractivity contribution in [3.8, 4) is 11.5 Å². The van der Waals surface area contributed by atoms with E-state index in [4.69, 9.17) is 9.47 Å². The predicted molar refractivity (Wildman–Crippen MR) is 82.1 cm³/mol. The summed E-state index contributed by atoms with van der Waals surface area (Å²) < 4.78 is 11.3. The minimum Gasteiger partial charge on any atom is -0.493 e. The molecule has 1 amide bonds. The average Bonchev–Trinajstić information content (AvgIpc) is 2.44. The highest BCUT2D eigenvalue weighted by Gasteiger charge is 2.13. The Morgan fingerprint density at radius 1 is 1.37 bits per heavy atom. The van der Waals surface area contributed by atoms with Crippen molar-refractivity contribution >= 4 is 33.6 Å². The summed E-state index contributed by atoms with van der Waals surface area (Å²) in [7, 11) is 3.18. The van der Waals surface area contributed by atoms with Crippen LogP contribution in [0.5, 0.6) is 11.5 Å². The van der Waals surface area contributed by atoms with Gasteiger partial charge in [0.15, 0.2) is 11.5 Å². The van der Waals surface area contributed by atoms with Gasteiger partial charge >= 0.3 is 0 Å². The molecule has 4 nitrogen and oxygen atoms in total. The van der Waals surface area contributed by atoms with Crippen LogP contribution in [0.3, 0.4) is 0 Å². The van der Waals surface area contributed by atoms with Crippen LogP contribution in [0.15, 0.2) is 16.6 Å². The normalized spacial score (nSPS) is 11.8. The van der Waals surface area contributed by atoms with Gasteiger partial charge in [0.1, 0.15) is 0 Å². The van der Waals surface area contributed by atoms with Crippen molar-refractivity contribution in [3.63, 3.8) is 0 Å². The van der Waals surface area contributed by atoms with Crippen LogP contribution in [0.4, 0.5) is 0 Å². The van der Waals surface area contributed by atoms with Crippen LogP contribution in [0, 0.1) is 0 Å². The highest BCUT2D eigenvalue weighted by molar-refractivity contribution is 9.10. The molecule has 6 heteroatoms. The lowest BCUT2D eigenvalue weighted by Crippen LogP contribution is -2.30. The Bertz CT molecular complexity index is 454. The van der Waals surface area contributed by atoms with Crippen LogP contribution in [-0.2, 0) is 11.3 Å². The van der Waals surface area contributed by atoms with Crippen LogP contribution in [0.25, 0.3) is 0 Å². The molecule has 0 heterocycles. The number of rotatable bonds is 6. The zero-order chi connectivity index (χ0) is 14.4. The van der Waals surface area contributed by atoms with Gasteiger partial charge in [-0.15, -0.1) is 0 Å². The minimum atomic E-state index is -0.0566. The molecule has 0 aliphatic heterocycles. The largest absolute Gasteiger partial charge is 0.493 e. The zero-order valence-corrected chi connectivity index (χ0v) is 13.9. The number of hydrogen-bond donors (Lipinski definition) is 1. The molecule has 1 N–H and O–H groups in total. The third-order valence-corrected chi connectivity index (χ3v) is 4.39. The highest BCUT2D eigenvalue weighted by Crippen LogP contribution is 2.33. The van der Waals surface area contributed by atoms with E-state index in [1.54, 1.807) is 14.2 Å². The molecule has 0 aliphatic carbocycles. The van der Waals surface area contributed by atoms with Crippen molar-refractivity contribution < 1.29 is 14.3 Å². The van der Waals surface area contributed by atoms with Crippen molar-refractivity contribution in [3.05, 3.63) is 22.2 Å². The number of carbonyl (C=O) groups excluding carboxylic acids is 1. The number of hydrogen-bond acceptors (Lipinski definition) is 4. The van der Waals surface area contributed by atoms with Gasteiger partial charge in [0.2, 0.25) is 5.91 Å². The maximum absolute atomic E-state index is 11.7. The molecule has 0 aromatic heterocycles. The fraction of sp³-hybridized carbons (Fsp3) is 0.462. The van der Waals surface area contributed by atoms with E-state index in [1.165, 1.54) is 11.8 Å². The van der Waals surface area contributed by atoms with Gasteiger partial charge in [0.25, 0.3) is 0 Å². The first-order chi connectivity index (χ1) is 9.03. The monoisotopic (exact) mass is 347 g/mol. The number of halogens is 1. The lowest BCUT2D eigenvalue weighted by molar-refractivity contribution is -0.120. The van der Waals surface area contributed by atoms with Gasteiger partial charge in [-0.2, -0.15) is 11.8 Å². The van der Waals surface area contributed by atoms with Gasteiger partial charge in [-0.25, -0.2) is 0 Å². The standard InChI is InChI=1S/C13H18BrNO3S/c1-8(19-4)13(16)15-7-9-5-11(17-2)12(18-3)6-10(9)14/h5-6,8H,7H2,1-4H3,(H,15,16)/t8-/m0/s1. The molecule has 0 unspecified atom stereocenters. The summed E-state index contributed by atoms with van der Waals surface area (Å²) in [6.07, 6.45) is 1.91. The molecule has 0 saturated carbocycles. The molecule has 0 saturated heterocycles. The van der Waals surface area contributed by atoms with Crippen LogP contribution < -0.4 is 14.8 Å². The van der Waals surface area contributed by atoms with Crippen molar-refractivity contribution in [1.82, 2.24) is 5.32 Å². The second-order valence-electron chi connectivity index (χ2n) is 3.89. The Morgan fingerprint density at radius 3 is 2.47 bits per heavy atom. The molecule has 106 valence electrons. The van der Waals surface area contributed by atoms with E-state index in [9.17, 15) is 4.79 Å². The van der Waals surface area contributed by atoms with Crippen LogP contribution in [0.2, 0.25) is 0 Å². The molecule has 1 atom stereocenters. The number of thioether (sulfide) groups is 1. The first kappa shape index (κ1) is 16.2. The van der Waals surface area contributed by atoms with E-state index in [1.807, 2.05) is 25.3 Å². The van der Waals surface area contributed by atoms with Gasteiger partial charge in [-0.05, 0) is 30.9 Å². The maximum atomic E-state index is 11.7. The molecule has 19 heavy (non-hydrogen) atoms. The summed E-state index contributed by atoms with van der Waals surface area (Å²) in [6, 6.07) is 3.69. The summed E-state index contributed by atoms with van der Waals surface area (Å²) >= 11 is 4.98. The Morgan fingerprint density at radius 2 is 1.95 bits per heavy atom. The van der Waals surface area contributed by atoms with Crippen LogP contribution in [-0.4, -0.2) is 31.6 Å². The van der Waals surface area contributed by atoms with E-state index in [0.29, 0.717) is 18.0 Å². The van der Waals surface area contributed by atoms with Crippen LogP contribution >= 0.6 is 27.7 Å². The van der Waals surface area contributed by atoms with Crippen molar-refractivity contribution in [1.29, 1.82) is 0 Å². The number of amides is 1. The maximum Gasteiger partial charge on any atom is 0.233 e. The Balaban J connectivity index is 2.81. The molecule has 0 bridgehead atoms. The molecule has 0 aliphatic rings. The summed E-state index contributed by atoms with van der Waals surface area (Å²) in [4.78, 5) is 11.7. The zero-order valence-electron chi connectivity index (χ0n) is 11.5. The third kappa shape index (κ3) is 4.31. The van der Waals surface area contributed by atoms with E-state index in [-0.39, 0.29) is 11.2 Å². The molecule has 0 spiro atoms. The van der Waals surface area contributed by atoms with E-state index >= 15 is 0 Å². The van der Waals surface area contributed by atoms with Gasteiger partial charge in [-0.1, -0.05) is 15.9 Å². The Kier molecular flexibility index (Phi) is 6.51. The van der Waals surface area contributed by atoms with E-state index in [2.05, 4.69) is 21.2 Å². The van der Waals surface area contributed by atoms with E-state index < -0.39 is 0 Å². The van der Waals surface area contributed by atoms with Crippen molar-refractivity contribution in [2.24, 2.45) is 0 Å². The summed E-state index contributed by atoms with van der Waals surface area (Å²) in [5.74, 6) is 1.32. The number of methoxy groups -OCH3 is 2. The smallest absolute Gasteiger partial charge is 0.233 e. The topological polar surface area (TPSA) is 47.6 Å². The molecular formula is C13H18BrNO3S. The SMILES string of the molecule is COc1cc(Br)c(CNC(=O)[C@H](C)SC)cc1OC. The number of nitrogens with one attached hydrogen (secondary N) is 1. The lowest BCUT2D eigenvalue weighted by atomic mass is 10.2. The molecule has 1 aromatic carbocycles. The molecule has 1 rings (SSSR count). The lowest BCUT2D eigenvalue weighted by Gasteiger charge is -2.14. The van der Waals surface area contributed by atoms with Crippen molar-refractivity contribution in [2.45, 2.75) is 18.7 Å². The van der Waals surface area contributed by atoms with Crippen molar-refractivity contribution in [2.75, 3.05) is 20.5 Å². The fourth-order valence-corrected chi connectivity index (χ4v) is 2.22. The summed E-state index contributed by atoms with van der Waals surface area (Å²) in [6.45, 7) is 2.33. The Hall–Kier alpha value is -0.880. The first-order valence-electron chi connectivity index (χ1n) is 5.74. The van der Waals surface area contributed by atoms with Gasteiger partial charge < -0.3 is 14.8 Å². The van der Waals surface area contributed by atoms with Crippen LogP contribution in [0.1, 0.15) is 12.5 Å². The number of benzene rings is 1.